The number of piperidine rings is 1. The van der Waals surface area contributed by atoms with E-state index in [0.717, 1.165) is 13.0 Å². The van der Waals surface area contributed by atoms with Crippen molar-refractivity contribution >= 4 is 0 Å². The van der Waals surface area contributed by atoms with Gasteiger partial charge in [0.05, 0.1) is 6.04 Å². The van der Waals surface area contributed by atoms with Crippen molar-refractivity contribution in [2.75, 3.05) is 20.1 Å². The number of likely N-dealkylation sites (tertiary alicyclic amines) is 1. The molecule has 2 heteroatoms. The Labute approximate surface area is 94.4 Å². The fourth-order valence-electron chi connectivity index (χ4n) is 2.50. The second kappa shape index (κ2) is 6.87. The summed E-state index contributed by atoms with van der Waals surface area (Å²) in [6, 6.07) is 1.05. The third kappa shape index (κ3) is 3.52. The van der Waals surface area contributed by atoms with Gasteiger partial charge in [-0.25, -0.2) is 0 Å². The smallest absolute Gasteiger partial charge is 0.0711 e. The number of nitrogens with zero attached hydrogens (tertiary/aromatic N) is 1. The third-order valence-electron chi connectivity index (χ3n) is 3.38. The fourth-order valence-corrected chi connectivity index (χ4v) is 2.50. The third-order valence-corrected chi connectivity index (χ3v) is 3.38. The van der Waals surface area contributed by atoms with Gasteiger partial charge in [-0.1, -0.05) is 19.3 Å². The first kappa shape index (κ1) is 12.5. The molecule has 0 aromatic heterocycles. The first-order valence-corrected chi connectivity index (χ1v) is 6.20. The molecule has 2 unspecified atom stereocenters. The van der Waals surface area contributed by atoms with E-state index in [4.69, 9.17) is 6.42 Å². The van der Waals surface area contributed by atoms with Crippen LogP contribution in [0.15, 0.2) is 0 Å². The molecule has 0 saturated carbocycles. The second-order valence-electron chi connectivity index (χ2n) is 4.37. The van der Waals surface area contributed by atoms with E-state index < -0.39 is 0 Å². The molecule has 1 aliphatic rings. The van der Waals surface area contributed by atoms with Crippen LogP contribution in [-0.2, 0) is 0 Å². The molecule has 2 atom stereocenters. The van der Waals surface area contributed by atoms with Crippen molar-refractivity contribution in [1.82, 2.24) is 10.2 Å². The summed E-state index contributed by atoms with van der Waals surface area (Å²) < 4.78 is 0. The van der Waals surface area contributed by atoms with Crippen LogP contribution in [0.3, 0.4) is 0 Å². The predicted octanol–water partition coefficient (Wildman–Crippen LogP) is 1.86. The van der Waals surface area contributed by atoms with Crippen molar-refractivity contribution in [3.05, 3.63) is 0 Å². The van der Waals surface area contributed by atoms with Crippen LogP contribution in [0.1, 0.15) is 39.0 Å². The summed E-state index contributed by atoms with van der Waals surface area (Å²) in [6.45, 7) is 4.48. The Morgan fingerprint density at radius 2 is 2.33 bits per heavy atom. The molecule has 0 spiro atoms. The minimum Gasteiger partial charge on any atom is -0.320 e. The first-order valence-electron chi connectivity index (χ1n) is 6.20. The van der Waals surface area contributed by atoms with E-state index in [1.165, 1.54) is 32.2 Å². The fraction of sp³-hybridized carbons (Fsp3) is 0.846. The lowest BCUT2D eigenvalue weighted by Gasteiger charge is -2.39. The summed E-state index contributed by atoms with van der Waals surface area (Å²) in [5.74, 6) is 2.93. The van der Waals surface area contributed by atoms with E-state index in [2.05, 4.69) is 23.1 Å². The summed E-state index contributed by atoms with van der Waals surface area (Å²) >= 11 is 0. The van der Waals surface area contributed by atoms with Gasteiger partial charge >= 0.3 is 0 Å². The average Bonchev–Trinajstić information content (AvgIpc) is 2.29. The van der Waals surface area contributed by atoms with Gasteiger partial charge < -0.3 is 5.32 Å². The number of hydrogen-bond acceptors (Lipinski definition) is 2. The van der Waals surface area contributed by atoms with Gasteiger partial charge in [0.25, 0.3) is 0 Å². The van der Waals surface area contributed by atoms with Gasteiger partial charge in [0.1, 0.15) is 0 Å². The molecule has 1 aliphatic heterocycles. The van der Waals surface area contributed by atoms with Gasteiger partial charge in [-0.15, -0.1) is 6.42 Å². The van der Waals surface area contributed by atoms with E-state index in [1.807, 2.05) is 7.05 Å². The lowest BCUT2D eigenvalue weighted by atomic mass is 9.96. The molecule has 1 N–H and O–H groups in total. The Kier molecular flexibility index (Phi) is 5.75. The molecule has 1 rings (SSSR count). The summed E-state index contributed by atoms with van der Waals surface area (Å²) in [4.78, 5) is 2.54. The molecule has 1 saturated heterocycles. The number of terminal acetylenes is 1. The number of hydrogen-bond donors (Lipinski definition) is 1. The summed E-state index contributed by atoms with van der Waals surface area (Å²) in [5, 5.41) is 3.23. The van der Waals surface area contributed by atoms with Gasteiger partial charge in [0.2, 0.25) is 0 Å². The highest BCUT2D eigenvalue weighted by Crippen LogP contribution is 2.22. The van der Waals surface area contributed by atoms with Crippen LogP contribution in [0.2, 0.25) is 0 Å². The summed E-state index contributed by atoms with van der Waals surface area (Å²) in [5.41, 5.74) is 0. The van der Waals surface area contributed by atoms with Crippen LogP contribution in [-0.4, -0.2) is 37.1 Å². The molecule has 0 radical (unpaired) electrons. The van der Waals surface area contributed by atoms with E-state index >= 15 is 0 Å². The van der Waals surface area contributed by atoms with Crippen molar-refractivity contribution < 1.29 is 0 Å². The molecule has 0 aliphatic carbocycles. The van der Waals surface area contributed by atoms with Crippen LogP contribution in [0.4, 0.5) is 0 Å². The highest BCUT2D eigenvalue weighted by atomic mass is 15.2. The lowest BCUT2D eigenvalue weighted by molar-refractivity contribution is 0.112. The minimum atomic E-state index is 0.354. The van der Waals surface area contributed by atoms with Gasteiger partial charge in [-0.3, -0.25) is 4.90 Å². The topological polar surface area (TPSA) is 15.3 Å². The molecule has 1 fully saturated rings. The van der Waals surface area contributed by atoms with Gasteiger partial charge in [-0.2, -0.15) is 0 Å². The van der Waals surface area contributed by atoms with Crippen LogP contribution in [0.25, 0.3) is 0 Å². The van der Waals surface area contributed by atoms with Gasteiger partial charge in [0, 0.05) is 6.04 Å². The zero-order valence-corrected chi connectivity index (χ0v) is 10.1. The molecule has 2 nitrogen and oxygen atoms in total. The Morgan fingerprint density at radius 3 is 2.93 bits per heavy atom. The quantitative estimate of drug-likeness (QED) is 0.694. The average molecular weight is 208 g/mol. The Morgan fingerprint density at radius 1 is 1.53 bits per heavy atom. The normalized spacial score (nSPS) is 24.7. The van der Waals surface area contributed by atoms with E-state index in [-0.39, 0.29) is 0 Å². The Hall–Kier alpha value is -0.520. The van der Waals surface area contributed by atoms with Crippen molar-refractivity contribution in [3.63, 3.8) is 0 Å². The molecule has 1 heterocycles. The van der Waals surface area contributed by atoms with Crippen LogP contribution < -0.4 is 5.32 Å². The Bertz CT molecular complexity index is 207. The zero-order chi connectivity index (χ0) is 11.1. The highest BCUT2D eigenvalue weighted by Gasteiger charge is 2.26. The first-order chi connectivity index (χ1) is 7.33. The minimum absolute atomic E-state index is 0.354. The van der Waals surface area contributed by atoms with E-state index in [9.17, 15) is 0 Å². The summed E-state index contributed by atoms with van der Waals surface area (Å²) in [7, 11) is 2.02. The van der Waals surface area contributed by atoms with Gasteiger partial charge in [0.15, 0.2) is 0 Å². The molecule has 0 amide bonds. The predicted molar refractivity (Wildman–Crippen MR) is 65.8 cm³/mol. The molecule has 0 bridgehead atoms. The maximum atomic E-state index is 5.60. The van der Waals surface area contributed by atoms with Crippen LogP contribution in [0, 0.1) is 12.3 Å². The van der Waals surface area contributed by atoms with E-state index in [1.54, 1.807) is 0 Å². The van der Waals surface area contributed by atoms with Crippen molar-refractivity contribution in [2.24, 2.45) is 0 Å². The van der Waals surface area contributed by atoms with Crippen molar-refractivity contribution in [3.8, 4) is 12.3 Å². The number of nitrogens with one attached hydrogen (secondary N) is 1. The lowest BCUT2D eigenvalue weighted by Crippen LogP contribution is -2.46. The van der Waals surface area contributed by atoms with Crippen LogP contribution >= 0.6 is 0 Å². The van der Waals surface area contributed by atoms with Crippen molar-refractivity contribution in [2.45, 2.75) is 51.1 Å². The van der Waals surface area contributed by atoms with E-state index in [0.29, 0.717) is 12.1 Å². The maximum absolute atomic E-state index is 5.60. The molecular formula is C13H24N2. The largest absolute Gasteiger partial charge is 0.320 e. The maximum Gasteiger partial charge on any atom is 0.0711 e. The SMILES string of the molecule is C#CC(CC)N1CCCCC1CCNC. The highest BCUT2D eigenvalue weighted by molar-refractivity contribution is 5.01. The molecule has 0 aromatic rings. The molecule has 86 valence electrons. The molecule has 0 aromatic carbocycles. The molecular weight excluding hydrogens is 184 g/mol. The standard InChI is InChI=1S/C13H24N2/c1-4-12(5-2)15-11-7-6-8-13(15)9-10-14-3/h1,12-14H,5-11H2,2-3H3. The molecule has 15 heavy (non-hydrogen) atoms. The number of rotatable bonds is 5. The zero-order valence-electron chi connectivity index (χ0n) is 10.1. The van der Waals surface area contributed by atoms with Crippen LogP contribution in [0.5, 0.6) is 0 Å². The second-order valence-corrected chi connectivity index (χ2v) is 4.37. The summed E-state index contributed by atoms with van der Waals surface area (Å²) in [6.07, 6.45) is 11.9. The van der Waals surface area contributed by atoms with Crippen molar-refractivity contribution in [1.29, 1.82) is 0 Å². The monoisotopic (exact) mass is 208 g/mol. The van der Waals surface area contributed by atoms with Gasteiger partial charge in [-0.05, 0) is 45.8 Å². The Balaban J connectivity index is 2.52.